The lowest BCUT2D eigenvalue weighted by atomic mass is 10.2. The van der Waals surface area contributed by atoms with Crippen LogP contribution >= 0.6 is 10.0 Å². The van der Waals surface area contributed by atoms with Gasteiger partial charge in [-0.1, -0.05) is 36.4 Å². The quantitative estimate of drug-likeness (QED) is 0.249. The first kappa shape index (κ1) is 20.8. The second kappa shape index (κ2) is 9.11. The Morgan fingerprint density at radius 3 is 1.55 bits per heavy atom. The van der Waals surface area contributed by atoms with Gasteiger partial charge in [-0.15, -0.1) is 0 Å². The first-order valence-electron chi connectivity index (χ1n) is 9.96. The molecule has 0 aromatic heterocycles. The van der Waals surface area contributed by atoms with Crippen molar-refractivity contribution in [1.29, 1.82) is 0 Å². The minimum Gasteiger partial charge on any atom is -0.497 e. The van der Waals surface area contributed by atoms with Gasteiger partial charge in [-0.3, -0.25) is 0 Å². The van der Waals surface area contributed by atoms with Crippen LogP contribution in [0.3, 0.4) is 0 Å². The van der Waals surface area contributed by atoms with Crippen LogP contribution in [0, 0.1) is 0 Å². The van der Waals surface area contributed by atoms with Crippen molar-refractivity contribution >= 4 is 16.0 Å². The van der Waals surface area contributed by atoms with Crippen LogP contribution in [0.5, 0.6) is 11.5 Å². The zero-order valence-electron chi connectivity index (χ0n) is 17.5. The van der Waals surface area contributed by atoms with Crippen LogP contribution in [0.1, 0.15) is 10.4 Å². The van der Waals surface area contributed by atoms with Gasteiger partial charge in [-0.25, -0.2) is 4.79 Å². The van der Waals surface area contributed by atoms with E-state index in [1.54, 1.807) is 31.4 Å². The van der Waals surface area contributed by atoms with Gasteiger partial charge in [0.15, 0.2) is 0 Å². The second-order valence-corrected chi connectivity index (χ2v) is 10.4. The van der Waals surface area contributed by atoms with Crippen molar-refractivity contribution in [2.45, 2.75) is 14.7 Å². The Labute approximate surface area is 184 Å². The van der Waals surface area contributed by atoms with Crippen molar-refractivity contribution in [2.24, 2.45) is 0 Å². The van der Waals surface area contributed by atoms with Crippen molar-refractivity contribution in [3.8, 4) is 11.5 Å². The fourth-order valence-electron chi connectivity index (χ4n) is 3.47. The third-order valence-corrected chi connectivity index (χ3v) is 8.91. The van der Waals surface area contributed by atoms with Crippen molar-refractivity contribution in [1.82, 2.24) is 0 Å². The van der Waals surface area contributed by atoms with Gasteiger partial charge in [0.05, 0.1) is 12.7 Å². The SMILES string of the molecule is COc1ccc(C(=O)Oc2ccc(S(C)(c3ccccc3)c3ccccc3)cc2)cc1. The van der Waals surface area contributed by atoms with Gasteiger partial charge in [0.25, 0.3) is 0 Å². The van der Waals surface area contributed by atoms with Gasteiger partial charge in [0.1, 0.15) is 11.5 Å². The van der Waals surface area contributed by atoms with Crippen molar-refractivity contribution in [3.63, 3.8) is 0 Å². The van der Waals surface area contributed by atoms with Crippen LogP contribution in [0.25, 0.3) is 0 Å². The molecule has 0 spiro atoms. The molecule has 0 saturated heterocycles. The number of hydrogen-bond acceptors (Lipinski definition) is 3. The number of rotatable bonds is 6. The molecule has 0 heterocycles. The Bertz CT molecular complexity index is 1100. The van der Waals surface area contributed by atoms with Crippen LogP contribution in [0.2, 0.25) is 0 Å². The van der Waals surface area contributed by atoms with Crippen LogP contribution in [0.15, 0.2) is 124 Å². The number of hydrogen-bond donors (Lipinski definition) is 0. The van der Waals surface area contributed by atoms with Gasteiger partial charge >= 0.3 is 5.97 Å². The summed E-state index contributed by atoms with van der Waals surface area (Å²) in [6.07, 6.45) is 2.30. The maximum atomic E-state index is 12.5. The molecule has 0 radical (unpaired) electrons. The highest BCUT2D eigenvalue weighted by molar-refractivity contribution is 8.33. The lowest BCUT2D eigenvalue weighted by Gasteiger charge is -2.37. The molecule has 4 rings (SSSR count). The summed E-state index contributed by atoms with van der Waals surface area (Å²) in [4.78, 5) is 16.2. The molecule has 0 N–H and O–H groups in total. The number of carbonyl (C=O) groups excluding carboxylic acids is 1. The zero-order valence-corrected chi connectivity index (χ0v) is 18.3. The minimum absolute atomic E-state index is 0.392. The Balaban J connectivity index is 1.62. The third kappa shape index (κ3) is 4.35. The predicted octanol–water partition coefficient (Wildman–Crippen LogP) is 6.83. The average Bonchev–Trinajstić information content (AvgIpc) is 2.85. The van der Waals surface area contributed by atoms with Crippen LogP contribution in [-0.4, -0.2) is 19.3 Å². The highest BCUT2D eigenvalue weighted by Crippen LogP contribution is 2.65. The molecule has 156 valence electrons. The molecule has 4 heteroatoms. The number of methoxy groups -OCH3 is 1. The summed E-state index contributed by atoms with van der Waals surface area (Å²) in [5.74, 6) is 0.828. The molecule has 0 fully saturated rings. The maximum Gasteiger partial charge on any atom is 0.343 e. The fraction of sp³-hybridized carbons (Fsp3) is 0.0741. The van der Waals surface area contributed by atoms with E-state index in [1.165, 1.54) is 14.7 Å². The molecule has 0 atom stereocenters. The van der Waals surface area contributed by atoms with E-state index in [0.717, 1.165) is 0 Å². The van der Waals surface area contributed by atoms with E-state index >= 15 is 0 Å². The summed E-state index contributed by atoms with van der Waals surface area (Å²) in [6, 6.07) is 35.9. The summed E-state index contributed by atoms with van der Waals surface area (Å²) >= 11 is 0. The van der Waals surface area contributed by atoms with E-state index in [9.17, 15) is 4.79 Å². The van der Waals surface area contributed by atoms with E-state index in [2.05, 4.69) is 66.9 Å². The van der Waals surface area contributed by atoms with Gasteiger partial charge in [0, 0.05) is 0 Å². The van der Waals surface area contributed by atoms with Gasteiger partial charge in [-0.05, 0) is 93.7 Å². The normalized spacial score (nSPS) is 11.5. The molecule has 0 amide bonds. The molecule has 3 nitrogen and oxygen atoms in total. The molecule has 4 aromatic carbocycles. The van der Waals surface area contributed by atoms with Gasteiger partial charge in [-0.2, -0.15) is 10.0 Å². The monoisotopic (exact) mass is 428 g/mol. The van der Waals surface area contributed by atoms with E-state index in [0.29, 0.717) is 17.1 Å². The molecule has 31 heavy (non-hydrogen) atoms. The van der Waals surface area contributed by atoms with Crippen LogP contribution in [-0.2, 0) is 0 Å². The first-order valence-corrected chi connectivity index (χ1v) is 12.0. The van der Waals surface area contributed by atoms with Crippen LogP contribution < -0.4 is 9.47 Å². The topological polar surface area (TPSA) is 35.5 Å². The van der Waals surface area contributed by atoms with Crippen LogP contribution in [0.4, 0.5) is 0 Å². The molecule has 0 bridgehead atoms. The molecule has 4 aromatic rings. The minimum atomic E-state index is -1.43. The highest BCUT2D eigenvalue weighted by atomic mass is 32.3. The number of esters is 1. The number of carbonyl (C=O) groups is 1. The lowest BCUT2D eigenvalue weighted by molar-refractivity contribution is 0.0734. The van der Waals surface area contributed by atoms with E-state index in [4.69, 9.17) is 9.47 Å². The molecule has 0 aliphatic carbocycles. The molecule has 0 aliphatic heterocycles. The van der Waals surface area contributed by atoms with E-state index in [1.807, 2.05) is 24.3 Å². The molecule has 0 saturated carbocycles. The lowest BCUT2D eigenvalue weighted by Crippen LogP contribution is -2.08. The first-order chi connectivity index (χ1) is 15.1. The molecular weight excluding hydrogens is 404 g/mol. The smallest absolute Gasteiger partial charge is 0.343 e. The summed E-state index contributed by atoms with van der Waals surface area (Å²) in [5.41, 5.74) is 0.480. The summed E-state index contributed by atoms with van der Waals surface area (Å²) < 4.78 is 10.7. The predicted molar refractivity (Wildman–Crippen MR) is 126 cm³/mol. The van der Waals surface area contributed by atoms with E-state index in [-0.39, 0.29) is 0 Å². The summed E-state index contributed by atoms with van der Waals surface area (Å²) in [5, 5.41) is 0. The Hall–Kier alpha value is -3.50. The standard InChI is InChI=1S/C27H24O3S/c1-29-22-15-13-21(14-16-22)27(28)30-23-17-19-26(20-18-23)31(2,24-9-5-3-6-10-24)25-11-7-4-8-12-25/h3-20H,1-2H3. The zero-order chi connectivity index (χ0) is 21.7. The second-order valence-electron chi connectivity index (χ2n) is 7.13. The Morgan fingerprint density at radius 1 is 0.613 bits per heavy atom. The third-order valence-electron chi connectivity index (χ3n) is 5.26. The van der Waals surface area contributed by atoms with Crippen molar-refractivity contribution in [2.75, 3.05) is 13.4 Å². The molecule has 0 aliphatic rings. The Morgan fingerprint density at radius 2 is 1.06 bits per heavy atom. The maximum absolute atomic E-state index is 12.5. The summed E-state index contributed by atoms with van der Waals surface area (Å²) in [7, 11) is 0.158. The van der Waals surface area contributed by atoms with Gasteiger partial charge in [0.2, 0.25) is 0 Å². The van der Waals surface area contributed by atoms with Crippen molar-refractivity contribution < 1.29 is 14.3 Å². The average molecular weight is 429 g/mol. The van der Waals surface area contributed by atoms with Gasteiger partial charge < -0.3 is 9.47 Å². The molecular formula is C27H24O3S. The Kier molecular flexibility index (Phi) is 6.10. The summed E-state index contributed by atoms with van der Waals surface area (Å²) in [6.45, 7) is 0. The van der Waals surface area contributed by atoms with Crippen molar-refractivity contribution in [3.05, 3.63) is 115 Å². The molecule has 0 unspecified atom stereocenters. The largest absolute Gasteiger partial charge is 0.497 e. The van der Waals surface area contributed by atoms with E-state index < -0.39 is 16.0 Å². The highest BCUT2D eigenvalue weighted by Gasteiger charge is 2.25. The fourth-order valence-corrected chi connectivity index (χ4v) is 6.37. The number of ether oxygens (including phenoxy) is 2. The number of benzene rings is 4.